The van der Waals surface area contributed by atoms with E-state index in [-0.39, 0.29) is 0 Å². The Hall–Kier alpha value is -1.69. The molecule has 0 radical (unpaired) electrons. The van der Waals surface area contributed by atoms with Crippen LogP contribution in [0.3, 0.4) is 0 Å². The second-order valence-electron chi connectivity index (χ2n) is 4.64. The van der Waals surface area contributed by atoms with Gasteiger partial charge in [0.15, 0.2) is 5.69 Å². The molecule has 6 heteroatoms. The smallest absolute Gasteiger partial charge is 0.360 e. The van der Waals surface area contributed by atoms with Crippen molar-refractivity contribution in [3.63, 3.8) is 0 Å². The third-order valence-corrected chi connectivity index (χ3v) is 3.51. The molecule has 0 bridgehead atoms. The van der Waals surface area contributed by atoms with Crippen LogP contribution in [-0.2, 0) is 17.7 Å². The summed E-state index contributed by atoms with van der Waals surface area (Å²) in [6, 6.07) is 8.00. The minimum atomic E-state index is -0.401. The van der Waals surface area contributed by atoms with E-state index < -0.39 is 5.97 Å². The van der Waals surface area contributed by atoms with Gasteiger partial charge in [0.1, 0.15) is 0 Å². The standard InChI is InChI=1S/C15H18BrN3O2/c1-3-6-13-14(15(20)21-4-2)17-18-19(13)10-11-7-5-8-12(16)9-11/h5,7-9H,3-4,6,10H2,1-2H3. The van der Waals surface area contributed by atoms with Gasteiger partial charge in [-0.3, -0.25) is 0 Å². The van der Waals surface area contributed by atoms with E-state index in [0.717, 1.165) is 28.6 Å². The number of hydrogen-bond acceptors (Lipinski definition) is 4. The van der Waals surface area contributed by atoms with Gasteiger partial charge in [-0.1, -0.05) is 46.6 Å². The van der Waals surface area contributed by atoms with E-state index in [1.165, 1.54) is 0 Å². The average Bonchev–Trinajstić information content (AvgIpc) is 2.83. The molecule has 21 heavy (non-hydrogen) atoms. The van der Waals surface area contributed by atoms with E-state index in [0.29, 0.717) is 18.8 Å². The van der Waals surface area contributed by atoms with Crippen LogP contribution in [0.4, 0.5) is 0 Å². The van der Waals surface area contributed by atoms with Gasteiger partial charge < -0.3 is 4.74 Å². The summed E-state index contributed by atoms with van der Waals surface area (Å²) >= 11 is 3.45. The van der Waals surface area contributed by atoms with Crippen molar-refractivity contribution >= 4 is 21.9 Å². The highest BCUT2D eigenvalue weighted by Gasteiger charge is 2.20. The summed E-state index contributed by atoms with van der Waals surface area (Å²) in [6.45, 7) is 4.76. The van der Waals surface area contributed by atoms with Gasteiger partial charge in [-0.05, 0) is 31.0 Å². The predicted molar refractivity (Wildman–Crippen MR) is 83.2 cm³/mol. The Morgan fingerprint density at radius 1 is 1.38 bits per heavy atom. The summed E-state index contributed by atoms with van der Waals surface area (Å²) in [5.74, 6) is -0.401. The highest BCUT2D eigenvalue weighted by atomic mass is 79.9. The number of ether oxygens (including phenoxy) is 1. The van der Waals surface area contributed by atoms with E-state index in [2.05, 4.69) is 33.2 Å². The summed E-state index contributed by atoms with van der Waals surface area (Å²) in [5.41, 5.74) is 2.26. The average molecular weight is 352 g/mol. The SMILES string of the molecule is CCCc1c(C(=O)OCC)nnn1Cc1cccc(Br)c1. The largest absolute Gasteiger partial charge is 0.461 e. The molecule has 0 aliphatic carbocycles. The number of esters is 1. The molecule has 1 aromatic carbocycles. The Morgan fingerprint density at radius 2 is 2.19 bits per heavy atom. The summed E-state index contributed by atoms with van der Waals surface area (Å²) in [4.78, 5) is 11.9. The molecule has 0 saturated heterocycles. The zero-order valence-electron chi connectivity index (χ0n) is 12.2. The lowest BCUT2D eigenvalue weighted by atomic mass is 10.2. The van der Waals surface area contributed by atoms with E-state index in [1.807, 2.05) is 24.3 Å². The van der Waals surface area contributed by atoms with Crippen LogP contribution in [0.5, 0.6) is 0 Å². The molecule has 0 aliphatic rings. The Bertz CT molecular complexity index is 625. The summed E-state index contributed by atoms with van der Waals surface area (Å²) in [6.07, 6.45) is 1.66. The number of carbonyl (C=O) groups is 1. The van der Waals surface area contributed by atoms with Gasteiger partial charge in [-0.15, -0.1) is 5.10 Å². The van der Waals surface area contributed by atoms with Crippen molar-refractivity contribution in [3.05, 3.63) is 45.7 Å². The number of carbonyl (C=O) groups excluding carboxylic acids is 1. The lowest BCUT2D eigenvalue weighted by Gasteiger charge is -2.07. The van der Waals surface area contributed by atoms with E-state index in [1.54, 1.807) is 11.6 Å². The number of rotatable bonds is 6. The summed E-state index contributed by atoms with van der Waals surface area (Å²) in [5, 5.41) is 8.11. The van der Waals surface area contributed by atoms with Crippen LogP contribution in [-0.4, -0.2) is 27.6 Å². The van der Waals surface area contributed by atoms with Crippen LogP contribution in [0.1, 0.15) is 42.0 Å². The molecule has 0 spiro atoms. The molecule has 2 aromatic rings. The van der Waals surface area contributed by atoms with Crippen molar-refractivity contribution in [2.45, 2.75) is 33.2 Å². The minimum absolute atomic E-state index is 0.327. The monoisotopic (exact) mass is 351 g/mol. The molecule has 2 rings (SSSR count). The molecular formula is C15H18BrN3O2. The van der Waals surface area contributed by atoms with Crippen molar-refractivity contribution in [1.29, 1.82) is 0 Å². The van der Waals surface area contributed by atoms with Gasteiger partial charge >= 0.3 is 5.97 Å². The first kappa shape index (κ1) is 15.7. The summed E-state index contributed by atoms with van der Waals surface area (Å²) in [7, 11) is 0. The Morgan fingerprint density at radius 3 is 2.86 bits per heavy atom. The fourth-order valence-corrected chi connectivity index (χ4v) is 2.56. The topological polar surface area (TPSA) is 57.0 Å². The Kier molecular flexibility index (Phi) is 5.50. The maximum Gasteiger partial charge on any atom is 0.360 e. The normalized spacial score (nSPS) is 10.6. The number of aromatic nitrogens is 3. The molecule has 5 nitrogen and oxygen atoms in total. The van der Waals surface area contributed by atoms with Gasteiger partial charge in [-0.2, -0.15) is 0 Å². The molecule has 0 N–H and O–H groups in total. The van der Waals surface area contributed by atoms with Crippen LogP contribution in [0.2, 0.25) is 0 Å². The number of nitrogens with zero attached hydrogens (tertiary/aromatic N) is 3. The number of halogens is 1. The molecule has 0 saturated carbocycles. The lowest BCUT2D eigenvalue weighted by molar-refractivity contribution is 0.0518. The van der Waals surface area contributed by atoms with Crippen LogP contribution >= 0.6 is 15.9 Å². The van der Waals surface area contributed by atoms with Gasteiger partial charge in [-0.25, -0.2) is 9.48 Å². The molecule has 1 heterocycles. The highest BCUT2D eigenvalue weighted by molar-refractivity contribution is 9.10. The van der Waals surface area contributed by atoms with Crippen molar-refractivity contribution in [3.8, 4) is 0 Å². The van der Waals surface area contributed by atoms with E-state index in [9.17, 15) is 4.79 Å². The van der Waals surface area contributed by atoms with Gasteiger partial charge in [0.05, 0.1) is 18.8 Å². The molecule has 1 aromatic heterocycles. The lowest BCUT2D eigenvalue weighted by Crippen LogP contribution is -2.11. The minimum Gasteiger partial charge on any atom is -0.461 e. The Balaban J connectivity index is 2.29. The van der Waals surface area contributed by atoms with Gasteiger partial charge in [0, 0.05) is 4.47 Å². The highest BCUT2D eigenvalue weighted by Crippen LogP contribution is 2.15. The van der Waals surface area contributed by atoms with Crippen LogP contribution in [0.15, 0.2) is 28.7 Å². The maximum atomic E-state index is 11.9. The third kappa shape index (κ3) is 3.91. The van der Waals surface area contributed by atoms with Crippen molar-refractivity contribution in [2.75, 3.05) is 6.61 Å². The first-order valence-corrected chi connectivity index (χ1v) is 7.79. The predicted octanol–water partition coefficient (Wildman–Crippen LogP) is 3.22. The van der Waals surface area contributed by atoms with Crippen LogP contribution < -0.4 is 0 Å². The zero-order valence-corrected chi connectivity index (χ0v) is 13.8. The fourth-order valence-electron chi connectivity index (χ4n) is 2.11. The molecule has 0 amide bonds. The van der Waals surface area contributed by atoms with Crippen LogP contribution in [0, 0.1) is 0 Å². The molecule has 0 aliphatic heterocycles. The van der Waals surface area contributed by atoms with E-state index >= 15 is 0 Å². The molecule has 112 valence electrons. The second-order valence-corrected chi connectivity index (χ2v) is 5.56. The number of hydrogen-bond donors (Lipinski definition) is 0. The van der Waals surface area contributed by atoms with Crippen LogP contribution in [0.25, 0.3) is 0 Å². The zero-order chi connectivity index (χ0) is 15.2. The van der Waals surface area contributed by atoms with Crippen molar-refractivity contribution in [2.24, 2.45) is 0 Å². The Labute approximate surface area is 132 Å². The van der Waals surface area contributed by atoms with E-state index in [4.69, 9.17) is 4.74 Å². The number of benzene rings is 1. The second kappa shape index (κ2) is 7.36. The van der Waals surface area contributed by atoms with Gasteiger partial charge in [0.2, 0.25) is 0 Å². The first-order chi connectivity index (χ1) is 10.2. The molecular weight excluding hydrogens is 334 g/mol. The fraction of sp³-hybridized carbons (Fsp3) is 0.400. The maximum absolute atomic E-state index is 11.9. The molecule has 0 unspecified atom stereocenters. The first-order valence-electron chi connectivity index (χ1n) is 6.99. The quantitative estimate of drug-likeness (QED) is 0.749. The molecule has 0 fully saturated rings. The van der Waals surface area contributed by atoms with Crippen molar-refractivity contribution < 1.29 is 9.53 Å². The molecule has 0 atom stereocenters. The summed E-state index contributed by atoms with van der Waals surface area (Å²) < 4.78 is 7.83. The third-order valence-electron chi connectivity index (χ3n) is 3.01. The van der Waals surface area contributed by atoms with Crippen molar-refractivity contribution in [1.82, 2.24) is 15.0 Å². The van der Waals surface area contributed by atoms with Gasteiger partial charge in [0.25, 0.3) is 0 Å².